The van der Waals surface area contributed by atoms with E-state index in [1.807, 2.05) is 13.0 Å². The molecular formula is C22H28BrN3O5S. The Morgan fingerprint density at radius 1 is 1.41 bits per heavy atom. The van der Waals surface area contributed by atoms with Crippen LogP contribution < -0.4 is 4.74 Å². The number of pyridine rings is 1. The smallest absolute Gasteiger partial charge is 0.247 e. The van der Waals surface area contributed by atoms with Gasteiger partial charge in [-0.2, -0.15) is 4.31 Å². The second kappa shape index (κ2) is 10.3. The molecule has 0 fully saturated rings. The highest BCUT2D eigenvalue weighted by Crippen LogP contribution is 2.35. The minimum absolute atomic E-state index is 0.0437. The van der Waals surface area contributed by atoms with Crippen LogP contribution in [0.2, 0.25) is 0 Å². The van der Waals surface area contributed by atoms with Crippen LogP contribution in [0.5, 0.6) is 5.75 Å². The number of halogens is 1. The summed E-state index contributed by atoms with van der Waals surface area (Å²) in [5, 5.41) is 9.68. The summed E-state index contributed by atoms with van der Waals surface area (Å²) in [6, 6.07) is 7.80. The summed E-state index contributed by atoms with van der Waals surface area (Å²) < 4.78 is 34.8. The fraction of sp³-hybridized carbons (Fsp3) is 0.455. The first-order chi connectivity index (χ1) is 15.1. The lowest BCUT2D eigenvalue weighted by molar-refractivity contribution is -0.130. The summed E-state index contributed by atoms with van der Waals surface area (Å²) in [4.78, 5) is 18.5. The predicted octanol–water partition coefficient (Wildman–Crippen LogP) is 2.31. The second-order valence-electron chi connectivity index (χ2n) is 8.14. The number of nitrogens with zero attached hydrogens (tertiary/aromatic N) is 3. The highest BCUT2D eigenvalue weighted by Gasteiger charge is 2.38. The topological polar surface area (TPSA) is 100 Å². The molecule has 0 unspecified atom stereocenters. The van der Waals surface area contributed by atoms with Gasteiger partial charge in [0.2, 0.25) is 15.9 Å². The standard InChI is InChI=1S/C22H28BrN3O5S/c1-15-12-26(16(2)14-27)32(29,30)21-7-6-18(23)10-19(21)31-20(15)13-25(3)22(28)9-17-5-4-8-24-11-17/h4-8,10-11,15-16,20,27H,9,12-14H2,1-3H3/t15-,16-,20+/m0/s1. The number of fused-ring (bicyclic) bond motifs is 1. The molecule has 2 aromatic rings. The summed E-state index contributed by atoms with van der Waals surface area (Å²) in [5.41, 5.74) is 0.819. The van der Waals surface area contributed by atoms with E-state index in [0.717, 1.165) is 5.56 Å². The van der Waals surface area contributed by atoms with Crippen LogP contribution in [0.15, 0.2) is 52.1 Å². The Hall–Kier alpha value is -2.01. The van der Waals surface area contributed by atoms with Gasteiger partial charge in [0, 0.05) is 42.4 Å². The number of likely N-dealkylation sites (N-methyl/N-ethyl adjacent to an activating group) is 1. The molecule has 0 bridgehead atoms. The average molecular weight is 526 g/mol. The second-order valence-corrected chi connectivity index (χ2v) is 10.9. The van der Waals surface area contributed by atoms with Gasteiger partial charge < -0.3 is 14.7 Å². The van der Waals surface area contributed by atoms with Gasteiger partial charge >= 0.3 is 0 Å². The Morgan fingerprint density at radius 3 is 2.81 bits per heavy atom. The number of benzene rings is 1. The minimum Gasteiger partial charge on any atom is -0.487 e. The lowest BCUT2D eigenvalue weighted by Gasteiger charge is -2.37. The molecule has 1 aromatic heterocycles. The number of hydrogen-bond donors (Lipinski definition) is 1. The third-order valence-corrected chi connectivity index (χ3v) is 8.10. The first-order valence-electron chi connectivity index (χ1n) is 10.3. The Kier molecular flexibility index (Phi) is 7.92. The van der Waals surface area contributed by atoms with E-state index in [-0.39, 0.29) is 48.6 Å². The van der Waals surface area contributed by atoms with Crippen molar-refractivity contribution in [1.82, 2.24) is 14.2 Å². The summed E-state index contributed by atoms with van der Waals surface area (Å²) in [7, 11) is -2.16. The van der Waals surface area contributed by atoms with Crippen molar-refractivity contribution in [2.24, 2.45) is 5.92 Å². The maximum absolute atomic E-state index is 13.3. The zero-order chi connectivity index (χ0) is 23.5. The van der Waals surface area contributed by atoms with Crippen LogP contribution in [-0.4, -0.2) is 72.5 Å². The van der Waals surface area contributed by atoms with E-state index in [1.165, 1.54) is 10.4 Å². The number of aromatic nitrogens is 1. The molecule has 174 valence electrons. The third kappa shape index (κ3) is 5.48. The lowest BCUT2D eigenvalue weighted by Crippen LogP contribution is -2.50. The van der Waals surface area contributed by atoms with Crippen LogP contribution in [0, 0.1) is 5.92 Å². The van der Waals surface area contributed by atoms with Gasteiger partial charge in [0.1, 0.15) is 16.7 Å². The highest BCUT2D eigenvalue weighted by atomic mass is 79.9. The summed E-state index contributed by atoms with van der Waals surface area (Å²) in [6.07, 6.45) is 3.09. The van der Waals surface area contributed by atoms with Gasteiger partial charge in [0.15, 0.2) is 0 Å². The van der Waals surface area contributed by atoms with Gasteiger partial charge in [-0.1, -0.05) is 28.9 Å². The van der Waals surface area contributed by atoms with Gasteiger partial charge in [-0.25, -0.2) is 8.42 Å². The van der Waals surface area contributed by atoms with E-state index in [1.54, 1.807) is 49.5 Å². The molecule has 0 radical (unpaired) electrons. The minimum atomic E-state index is -3.87. The van der Waals surface area contributed by atoms with E-state index < -0.39 is 22.2 Å². The van der Waals surface area contributed by atoms with E-state index in [0.29, 0.717) is 4.47 Å². The molecule has 1 N–H and O–H groups in total. The molecule has 0 aliphatic carbocycles. The van der Waals surface area contributed by atoms with Gasteiger partial charge in [-0.05, 0) is 36.8 Å². The number of hydrogen-bond acceptors (Lipinski definition) is 6. The first-order valence-corrected chi connectivity index (χ1v) is 12.6. The zero-order valence-electron chi connectivity index (χ0n) is 18.3. The molecule has 1 aliphatic heterocycles. The molecular weight excluding hydrogens is 498 g/mol. The summed E-state index contributed by atoms with van der Waals surface area (Å²) >= 11 is 3.38. The fourth-order valence-corrected chi connectivity index (χ4v) is 5.77. The van der Waals surface area contributed by atoms with Crippen molar-refractivity contribution in [1.29, 1.82) is 0 Å². The van der Waals surface area contributed by atoms with Crippen molar-refractivity contribution in [2.45, 2.75) is 37.3 Å². The summed E-state index contributed by atoms with van der Waals surface area (Å²) in [6.45, 7) is 3.71. The number of ether oxygens (including phenoxy) is 1. The predicted molar refractivity (Wildman–Crippen MR) is 124 cm³/mol. The fourth-order valence-electron chi connectivity index (χ4n) is 3.60. The van der Waals surface area contributed by atoms with Crippen LogP contribution in [0.1, 0.15) is 19.4 Å². The Labute approximate surface area is 197 Å². The number of aliphatic hydroxyl groups excluding tert-OH is 1. The average Bonchev–Trinajstić information content (AvgIpc) is 2.76. The lowest BCUT2D eigenvalue weighted by atomic mass is 10.0. The van der Waals surface area contributed by atoms with Crippen molar-refractivity contribution in [2.75, 3.05) is 26.7 Å². The molecule has 0 saturated heterocycles. The van der Waals surface area contributed by atoms with Crippen LogP contribution in [0.25, 0.3) is 0 Å². The van der Waals surface area contributed by atoms with Crippen molar-refractivity contribution >= 4 is 31.9 Å². The van der Waals surface area contributed by atoms with Crippen LogP contribution in [0.3, 0.4) is 0 Å². The van der Waals surface area contributed by atoms with Crippen LogP contribution in [0.4, 0.5) is 0 Å². The van der Waals surface area contributed by atoms with Gasteiger partial charge in [0.25, 0.3) is 0 Å². The molecule has 3 atom stereocenters. The molecule has 3 rings (SSSR count). The zero-order valence-corrected chi connectivity index (χ0v) is 20.7. The molecule has 1 aliphatic rings. The maximum Gasteiger partial charge on any atom is 0.247 e. The molecule has 2 heterocycles. The Balaban J connectivity index is 1.89. The number of carbonyl (C=O) groups is 1. The number of sulfonamides is 1. The molecule has 1 aromatic carbocycles. The molecule has 0 saturated carbocycles. The Morgan fingerprint density at radius 2 is 2.16 bits per heavy atom. The number of carbonyl (C=O) groups excluding carboxylic acids is 1. The van der Waals surface area contributed by atoms with Gasteiger partial charge in [-0.3, -0.25) is 9.78 Å². The maximum atomic E-state index is 13.3. The van der Waals surface area contributed by atoms with Crippen molar-refractivity contribution < 1.29 is 23.1 Å². The van der Waals surface area contributed by atoms with Crippen LogP contribution >= 0.6 is 15.9 Å². The quantitative estimate of drug-likeness (QED) is 0.621. The highest BCUT2D eigenvalue weighted by molar-refractivity contribution is 9.10. The molecule has 8 nitrogen and oxygen atoms in total. The molecule has 10 heteroatoms. The number of rotatable bonds is 6. The van der Waals surface area contributed by atoms with Gasteiger partial charge in [0.05, 0.1) is 19.6 Å². The van der Waals surface area contributed by atoms with Crippen molar-refractivity contribution in [3.8, 4) is 5.75 Å². The number of amides is 1. The largest absolute Gasteiger partial charge is 0.487 e. The Bertz CT molecular complexity index is 1050. The van der Waals surface area contributed by atoms with E-state index in [2.05, 4.69) is 20.9 Å². The van der Waals surface area contributed by atoms with Gasteiger partial charge in [-0.15, -0.1) is 0 Å². The molecule has 1 amide bonds. The molecule has 32 heavy (non-hydrogen) atoms. The van der Waals surface area contributed by atoms with E-state index in [9.17, 15) is 18.3 Å². The third-order valence-electron chi connectivity index (χ3n) is 5.59. The van der Waals surface area contributed by atoms with E-state index >= 15 is 0 Å². The number of aliphatic hydroxyl groups is 1. The van der Waals surface area contributed by atoms with Crippen molar-refractivity contribution in [3.05, 3.63) is 52.8 Å². The SMILES string of the molecule is C[C@H]1CN([C@@H](C)CO)S(=O)(=O)c2ccc(Br)cc2O[C@@H]1CN(C)C(=O)Cc1cccnc1. The van der Waals surface area contributed by atoms with Crippen molar-refractivity contribution in [3.63, 3.8) is 0 Å². The summed E-state index contributed by atoms with van der Waals surface area (Å²) in [5.74, 6) is -0.0998. The normalized spacial score (nSPS) is 21.5. The molecule has 0 spiro atoms. The van der Waals surface area contributed by atoms with Crippen LogP contribution in [-0.2, 0) is 21.2 Å². The monoisotopic (exact) mass is 525 g/mol. The first kappa shape index (κ1) is 24.6. The van der Waals surface area contributed by atoms with E-state index in [4.69, 9.17) is 4.74 Å².